The van der Waals surface area contributed by atoms with Gasteiger partial charge in [-0.15, -0.1) is 0 Å². The summed E-state index contributed by atoms with van der Waals surface area (Å²) < 4.78 is 43.9. The summed E-state index contributed by atoms with van der Waals surface area (Å²) in [6.07, 6.45) is -0.0226. The van der Waals surface area contributed by atoms with Crippen molar-refractivity contribution in [3.8, 4) is 11.4 Å². The van der Waals surface area contributed by atoms with Crippen LogP contribution in [0.2, 0.25) is 0 Å². The van der Waals surface area contributed by atoms with Gasteiger partial charge in [0.2, 0.25) is 0 Å². The van der Waals surface area contributed by atoms with Crippen LogP contribution < -0.4 is 5.32 Å². The Balaban J connectivity index is 1.60. The fourth-order valence-corrected chi connectivity index (χ4v) is 3.28. The molecule has 0 saturated carbocycles. The summed E-state index contributed by atoms with van der Waals surface area (Å²) in [6.45, 7) is 3.85. The third-order valence-corrected chi connectivity index (χ3v) is 4.72. The number of hydrogen-bond donors (Lipinski definition) is 1. The molecule has 0 fully saturated rings. The maximum Gasteiger partial charge on any atom is 0.416 e. The number of aryl methyl sites for hydroxylation is 1. The number of amidine groups is 1. The van der Waals surface area contributed by atoms with Gasteiger partial charge in [-0.1, -0.05) is 19.1 Å². The molecule has 1 aromatic carbocycles. The molecule has 4 rings (SSSR count). The maximum absolute atomic E-state index is 12.8. The minimum Gasteiger partial charge on any atom is -0.465 e. The lowest BCUT2D eigenvalue weighted by Gasteiger charge is -2.10. The molecule has 3 heterocycles. The predicted octanol–water partition coefficient (Wildman–Crippen LogP) is 5.75. The second-order valence-corrected chi connectivity index (χ2v) is 6.93. The molecule has 0 aliphatic carbocycles. The zero-order valence-corrected chi connectivity index (χ0v) is 16.4. The van der Waals surface area contributed by atoms with E-state index in [1.165, 1.54) is 12.1 Å². The van der Waals surface area contributed by atoms with Gasteiger partial charge in [-0.25, -0.2) is 9.97 Å². The molecule has 1 atom stereocenters. The van der Waals surface area contributed by atoms with Gasteiger partial charge in [0.05, 0.1) is 17.9 Å². The standard InChI is InChI=1S/C22H19F3N4O/c1-3-17-16(18-5-4-10-30-18)12-20(27-17)28-19-11-13(2)26-21(29-19)14-6-8-15(9-7-14)22(23,24)25/h4-12,17H,3H2,1-2H3,(H,26,27,28,29). The Kier molecular flexibility index (Phi) is 5.15. The van der Waals surface area contributed by atoms with Gasteiger partial charge in [0, 0.05) is 22.9 Å². The van der Waals surface area contributed by atoms with E-state index >= 15 is 0 Å². The van der Waals surface area contributed by atoms with E-state index in [9.17, 15) is 13.2 Å². The Labute approximate surface area is 171 Å². The fourth-order valence-electron chi connectivity index (χ4n) is 3.28. The summed E-state index contributed by atoms with van der Waals surface area (Å²) in [5, 5.41) is 3.18. The fraction of sp³-hybridized carbons (Fsp3) is 0.227. The molecular weight excluding hydrogens is 393 g/mol. The van der Waals surface area contributed by atoms with E-state index in [1.807, 2.05) is 25.1 Å². The number of nitrogens with zero attached hydrogens (tertiary/aromatic N) is 3. The lowest BCUT2D eigenvalue weighted by Crippen LogP contribution is -2.10. The Morgan fingerprint density at radius 3 is 2.50 bits per heavy atom. The summed E-state index contributed by atoms with van der Waals surface area (Å²) in [7, 11) is 0. The zero-order chi connectivity index (χ0) is 21.3. The molecule has 1 N–H and O–H groups in total. The Morgan fingerprint density at radius 2 is 1.87 bits per heavy atom. The molecule has 1 aliphatic heterocycles. The first-order valence-electron chi connectivity index (χ1n) is 9.47. The van der Waals surface area contributed by atoms with Crippen molar-refractivity contribution in [2.24, 2.45) is 4.99 Å². The molecule has 0 amide bonds. The van der Waals surface area contributed by atoms with Gasteiger partial charge in [-0.2, -0.15) is 13.2 Å². The molecule has 0 bridgehead atoms. The highest BCUT2D eigenvalue weighted by Crippen LogP contribution is 2.31. The van der Waals surface area contributed by atoms with Crippen LogP contribution in [0.15, 0.2) is 64.2 Å². The predicted molar refractivity (Wildman–Crippen MR) is 109 cm³/mol. The number of furan rings is 1. The SMILES string of the molecule is CCC1N=C(Nc2cc(C)nc(-c3ccc(C(F)(F)F)cc3)n2)C=C1c1ccco1. The normalized spacial score (nSPS) is 16.4. The summed E-state index contributed by atoms with van der Waals surface area (Å²) >= 11 is 0. The minimum absolute atomic E-state index is 0.0176. The second kappa shape index (κ2) is 7.78. The smallest absolute Gasteiger partial charge is 0.416 e. The molecule has 2 aromatic heterocycles. The van der Waals surface area contributed by atoms with Gasteiger partial charge in [0.1, 0.15) is 17.4 Å². The number of rotatable bonds is 4. The molecule has 30 heavy (non-hydrogen) atoms. The van der Waals surface area contributed by atoms with E-state index in [1.54, 1.807) is 19.3 Å². The van der Waals surface area contributed by atoms with E-state index in [0.717, 1.165) is 29.9 Å². The number of anilines is 1. The third kappa shape index (κ3) is 4.12. The van der Waals surface area contributed by atoms with Crippen molar-refractivity contribution in [1.82, 2.24) is 9.97 Å². The van der Waals surface area contributed by atoms with Crippen molar-refractivity contribution < 1.29 is 17.6 Å². The lowest BCUT2D eigenvalue weighted by molar-refractivity contribution is -0.137. The number of alkyl halides is 3. The summed E-state index contributed by atoms with van der Waals surface area (Å²) in [4.78, 5) is 13.5. The van der Waals surface area contributed by atoms with Crippen molar-refractivity contribution in [3.05, 3.63) is 71.8 Å². The van der Waals surface area contributed by atoms with E-state index in [-0.39, 0.29) is 6.04 Å². The third-order valence-electron chi connectivity index (χ3n) is 4.72. The Hall–Kier alpha value is -3.42. The molecule has 0 saturated heterocycles. The maximum atomic E-state index is 12.8. The van der Waals surface area contributed by atoms with E-state index in [2.05, 4.69) is 20.3 Å². The van der Waals surface area contributed by atoms with Crippen LogP contribution in [-0.4, -0.2) is 21.8 Å². The molecular formula is C22H19F3N4O. The molecule has 1 aliphatic rings. The molecule has 1 unspecified atom stereocenters. The van der Waals surface area contributed by atoms with Crippen LogP contribution in [0.4, 0.5) is 19.0 Å². The number of hydrogen-bond acceptors (Lipinski definition) is 5. The molecule has 3 aromatic rings. The number of benzene rings is 1. The number of halogens is 3. The number of aliphatic imine (C=N–C) groups is 1. The van der Waals surface area contributed by atoms with Gasteiger partial charge >= 0.3 is 6.18 Å². The Bertz CT molecular complexity index is 1100. The summed E-state index contributed by atoms with van der Waals surface area (Å²) in [5.74, 6) is 2.27. The van der Waals surface area contributed by atoms with Crippen LogP contribution in [0.1, 0.15) is 30.4 Å². The van der Waals surface area contributed by atoms with Crippen molar-refractivity contribution in [2.75, 3.05) is 5.32 Å². The molecule has 0 radical (unpaired) electrons. The monoisotopic (exact) mass is 412 g/mol. The lowest BCUT2D eigenvalue weighted by atomic mass is 10.0. The van der Waals surface area contributed by atoms with Crippen molar-refractivity contribution >= 4 is 17.2 Å². The van der Waals surface area contributed by atoms with Gasteiger partial charge in [0.25, 0.3) is 0 Å². The van der Waals surface area contributed by atoms with Crippen LogP contribution in [0.3, 0.4) is 0 Å². The first kappa shape index (κ1) is 19.9. The molecule has 5 nitrogen and oxygen atoms in total. The van der Waals surface area contributed by atoms with E-state index in [4.69, 9.17) is 4.42 Å². The van der Waals surface area contributed by atoms with E-state index < -0.39 is 11.7 Å². The van der Waals surface area contributed by atoms with Crippen molar-refractivity contribution in [1.29, 1.82) is 0 Å². The van der Waals surface area contributed by atoms with Crippen molar-refractivity contribution in [3.63, 3.8) is 0 Å². The topological polar surface area (TPSA) is 63.3 Å². The quantitative estimate of drug-likeness (QED) is 0.593. The highest BCUT2D eigenvalue weighted by molar-refractivity contribution is 6.10. The zero-order valence-electron chi connectivity index (χ0n) is 16.4. The largest absolute Gasteiger partial charge is 0.465 e. The summed E-state index contributed by atoms with van der Waals surface area (Å²) in [5.41, 5.74) is 1.46. The van der Waals surface area contributed by atoms with Crippen molar-refractivity contribution in [2.45, 2.75) is 32.5 Å². The Morgan fingerprint density at radius 1 is 1.10 bits per heavy atom. The van der Waals surface area contributed by atoms with Crippen LogP contribution >= 0.6 is 0 Å². The van der Waals surface area contributed by atoms with Crippen LogP contribution in [0.25, 0.3) is 17.0 Å². The highest BCUT2D eigenvalue weighted by atomic mass is 19.4. The van der Waals surface area contributed by atoms with Crippen LogP contribution in [0.5, 0.6) is 0 Å². The van der Waals surface area contributed by atoms with Gasteiger partial charge < -0.3 is 9.73 Å². The average molecular weight is 412 g/mol. The average Bonchev–Trinajstić information content (AvgIpc) is 3.36. The number of nitrogens with one attached hydrogen (secondary N) is 1. The summed E-state index contributed by atoms with van der Waals surface area (Å²) in [6, 6.07) is 10.3. The number of aromatic nitrogens is 2. The van der Waals surface area contributed by atoms with Crippen LogP contribution in [-0.2, 0) is 6.18 Å². The van der Waals surface area contributed by atoms with E-state index in [0.29, 0.717) is 28.7 Å². The van der Waals surface area contributed by atoms with Crippen LogP contribution in [0, 0.1) is 6.92 Å². The van der Waals surface area contributed by atoms with Gasteiger partial charge in [-0.3, -0.25) is 4.99 Å². The molecule has 0 spiro atoms. The van der Waals surface area contributed by atoms with Gasteiger partial charge in [0.15, 0.2) is 5.82 Å². The van der Waals surface area contributed by atoms with Gasteiger partial charge in [-0.05, 0) is 43.7 Å². The first-order chi connectivity index (χ1) is 14.3. The molecule has 8 heteroatoms. The molecule has 154 valence electrons. The highest BCUT2D eigenvalue weighted by Gasteiger charge is 2.30. The first-order valence-corrected chi connectivity index (χ1v) is 9.47. The minimum atomic E-state index is -4.38. The second-order valence-electron chi connectivity index (χ2n) is 6.93.